The molecule has 1 saturated heterocycles. The molecule has 2 heterocycles. The predicted octanol–water partition coefficient (Wildman–Crippen LogP) is 2.10. The fourth-order valence-electron chi connectivity index (χ4n) is 1.88. The van der Waals surface area contributed by atoms with Crippen LogP contribution in [-0.4, -0.2) is 31.3 Å². The molecule has 88 valence electrons. The van der Waals surface area contributed by atoms with E-state index in [1.807, 2.05) is 19.2 Å². The molecule has 16 heavy (non-hydrogen) atoms. The molecule has 1 aromatic rings. The zero-order valence-corrected chi connectivity index (χ0v) is 9.70. The van der Waals surface area contributed by atoms with Crippen LogP contribution in [-0.2, 0) is 4.74 Å². The quantitative estimate of drug-likeness (QED) is 0.817. The van der Waals surface area contributed by atoms with Gasteiger partial charge in [-0.05, 0) is 25.3 Å². The minimum atomic E-state index is 0.361. The first-order valence-corrected chi connectivity index (χ1v) is 5.88. The van der Waals surface area contributed by atoms with Crippen LogP contribution >= 0.6 is 0 Å². The van der Waals surface area contributed by atoms with Crippen molar-refractivity contribution in [1.82, 2.24) is 4.98 Å². The van der Waals surface area contributed by atoms with Crippen molar-refractivity contribution in [2.75, 3.05) is 30.8 Å². The smallest absolute Gasteiger partial charge is 0.127 e. The Morgan fingerprint density at radius 1 is 1.50 bits per heavy atom. The Bertz CT molecular complexity index is 324. The predicted molar refractivity (Wildman–Crippen MR) is 65.9 cm³/mol. The summed E-state index contributed by atoms with van der Waals surface area (Å²) in [4.78, 5) is 4.17. The summed E-state index contributed by atoms with van der Waals surface area (Å²) in [7, 11) is 1.87. The van der Waals surface area contributed by atoms with Crippen molar-refractivity contribution < 1.29 is 4.74 Å². The lowest BCUT2D eigenvalue weighted by molar-refractivity contribution is 0.0247. The van der Waals surface area contributed by atoms with E-state index in [0.717, 1.165) is 31.1 Å². The Hall–Kier alpha value is -1.29. The number of rotatable bonds is 4. The summed E-state index contributed by atoms with van der Waals surface area (Å²) in [5.74, 6) is 0.884. The Balaban J connectivity index is 1.83. The summed E-state index contributed by atoms with van der Waals surface area (Å²) in [5.41, 5.74) is 1.09. The van der Waals surface area contributed by atoms with Crippen LogP contribution in [0.25, 0.3) is 0 Å². The summed E-state index contributed by atoms with van der Waals surface area (Å²) in [6.07, 6.45) is 5.81. The number of hydrogen-bond acceptors (Lipinski definition) is 4. The molecule has 1 unspecified atom stereocenters. The summed E-state index contributed by atoms with van der Waals surface area (Å²) >= 11 is 0. The van der Waals surface area contributed by atoms with Gasteiger partial charge < -0.3 is 15.4 Å². The van der Waals surface area contributed by atoms with Gasteiger partial charge in [-0.15, -0.1) is 0 Å². The molecule has 4 heteroatoms. The van der Waals surface area contributed by atoms with Gasteiger partial charge in [0.15, 0.2) is 0 Å². The van der Waals surface area contributed by atoms with E-state index >= 15 is 0 Å². The van der Waals surface area contributed by atoms with Gasteiger partial charge in [-0.25, -0.2) is 4.98 Å². The topological polar surface area (TPSA) is 46.2 Å². The van der Waals surface area contributed by atoms with Crippen LogP contribution in [0.1, 0.15) is 19.3 Å². The zero-order valence-electron chi connectivity index (χ0n) is 9.70. The lowest BCUT2D eigenvalue weighted by atomic mass is 10.1. The molecule has 0 radical (unpaired) electrons. The van der Waals surface area contributed by atoms with E-state index in [2.05, 4.69) is 15.6 Å². The Kier molecular flexibility index (Phi) is 3.99. The normalized spacial score (nSPS) is 20.4. The molecule has 0 aliphatic carbocycles. The van der Waals surface area contributed by atoms with Crippen LogP contribution in [0.5, 0.6) is 0 Å². The minimum absolute atomic E-state index is 0.361. The van der Waals surface area contributed by atoms with E-state index < -0.39 is 0 Å². The highest BCUT2D eigenvalue weighted by Crippen LogP contribution is 2.15. The molecule has 1 aromatic heterocycles. The lowest BCUT2D eigenvalue weighted by Gasteiger charge is -2.23. The summed E-state index contributed by atoms with van der Waals surface area (Å²) < 4.78 is 5.66. The second kappa shape index (κ2) is 5.70. The third kappa shape index (κ3) is 3.10. The first-order valence-electron chi connectivity index (χ1n) is 5.88. The van der Waals surface area contributed by atoms with Crippen molar-refractivity contribution in [2.24, 2.45) is 0 Å². The number of pyridine rings is 1. The molecular formula is C12H19N3O. The maximum atomic E-state index is 5.66. The number of hydrogen-bond donors (Lipinski definition) is 2. The van der Waals surface area contributed by atoms with Gasteiger partial charge in [0.05, 0.1) is 6.10 Å². The first kappa shape index (κ1) is 11.2. The number of nitrogens with one attached hydrogen (secondary N) is 2. The van der Waals surface area contributed by atoms with Crippen LogP contribution in [0.4, 0.5) is 11.5 Å². The average molecular weight is 221 g/mol. The SMILES string of the molecule is CNc1cc(NCC2CCCCO2)ccn1. The summed E-state index contributed by atoms with van der Waals surface area (Å²) in [6, 6.07) is 3.98. The maximum absolute atomic E-state index is 5.66. The van der Waals surface area contributed by atoms with Gasteiger partial charge in [0, 0.05) is 38.1 Å². The minimum Gasteiger partial charge on any atom is -0.382 e. The fraction of sp³-hybridized carbons (Fsp3) is 0.583. The Morgan fingerprint density at radius 2 is 2.44 bits per heavy atom. The highest BCUT2D eigenvalue weighted by atomic mass is 16.5. The summed E-state index contributed by atoms with van der Waals surface area (Å²) in [6.45, 7) is 1.79. The van der Waals surface area contributed by atoms with E-state index in [9.17, 15) is 0 Å². The molecule has 0 bridgehead atoms. The van der Waals surface area contributed by atoms with Crippen molar-refractivity contribution in [3.05, 3.63) is 18.3 Å². The molecule has 1 aliphatic heterocycles. The fourth-order valence-corrected chi connectivity index (χ4v) is 1.88. The molecule has 0 aromatic carbocycles. The molecule has 4 nitrogen and oxygen atoms in total. The van der Waals surface area contributed by atoms with Gasteiger partial charge in [-0.2, -0.15) is 0 Å². The van der Waals surface area contributed by atoms with Crippen LogP contribution in [0.2, 0.25) is 0 Å². The molecule has 0 saturated carbocycles. The van der Waals surface area contributed by atoms with E-state index in [4.69, 9.17) is 4.74 Å². The van der Waals surface area contributed by atoms with Crippen molar-refractivity contribution in [1.29, 1.82) is 0 Å². The first-order chi connectivity index (χ1) is 7.88. The van der Waals surface area contributed by atoms with Crippen molar-refractivity contribution in [2.45, 2.75) is 25.4 Å². The molecule has 2 rings (SSSR count). The highest BCUT2D eigenvalue weighted by molar-refractivity contribution is 5.51. The maximum Gasteiger partial charge on any atom is 0.127 e. The number of anilines is 2. The third-order valence-electron chi connectivity index (χ3n) is 2.82. The molecular weight excluding hydrogens is 202 g/mol. The van der Waals surface area contributed by atoms with Crippen LogP contribution in [0.15, 0.2) is 18.3 Å². The average Bonchev–Trinajstić information content (AvgIpc) is 2.38. The van der Waals surface area contributed by atoms with E-state index in [1.54, 1.807) is 6.20 Å². The van der Waals surface area contributed by atoms with Crippen molar-refractivity contribution in [3.8, 4) is 0 Å². The van der Waals surface area contributed by atoms with Gasteiger partial charge in [-0.3, -0.25) is 0 Å². The Morgan fingerprint density at radius 3 is 3.19 bits per heavy atom. The monoisotopic (exact) mass is 221 g/mol. The molecule has 1 atom stereocenters. The van der Waals surface area contributed by atoms with E-state index in [-0.39, 0.29) is 0 Å². The van der Waals surface area contributed by atoms with Gasteiger partial charge in [0.1, 0.15) is 5.82 Å². The van der Waals surface area contributed by atoms with Gasteiger partial charge in [-0.1, -0.05) is 0 Å². The number of nitrogens with zero attached hydrogens (tertiary/aromatic N) is 1. The second-order valence-corrected chi connectivity index (χ2v) is 4.05. The van der Waals surface area contributed by atoms with E-state index in [0.29, 0.717) is 6.10 Å². The van der Waals surface area contributed by atoms with Crippen LogP contribution in [0.3, 0.4) is 0 Å². The van der Waals surface area contributed by atoms with Gasteiger partial charge in [0.2, 0.25) is 0 Å². The standard InChI is InChI=1S/C12H19N3O/c1-13-12-8-10(5-6-14-12)15-9-11-4-2-3-7-16-11/h5-6,8,11H,2-4,7,9H2,1H3,(H2,13,14,15). The molecule has 0 amide bonds. The third-order valence-corrected chi connectivity index (χ3v) is 2.82. The lowest BCUT2D eigenvalue weighted by Crippen LogP contribution is -2.26. The molecule has 0 spiro atoms. The Labute approximate surface area is 96.4 Å². The molecule has 1 fully saturated rings. The van der Waals surface area contributed by atoms with Gasteiger partial charge in [0.25, 0.3) is 0 Å². The molecule has 2 N–H and O–H groups in total. The van der Waals surface area contributed by atoms with Crippen molar-refractivity contribution in [3.63, 3.8) is 0 Å². The second-order valence-electron chi connectivity index (χ2n) is 4.05. The number of ether oxygens (including phenoxy) is 1. The highest BCUT2D eigenvalue weighted by Gasteiger charge is 2.13. The van der Waals surface area contributed by atoms with E-state index in [1.165, 1.54) is 12.8 Å². The van der Waals surface area contributed by atoms with Crippen LogP contribution < -0.4 is 10.6 Å². The largest absolute Gasteiger partial charge is 0.382 e. The summed E-state index contributed by atoms with van der Waals surface area (Å²) in [5, 5.41) is 6.41. The number of aromatic nitrogens is 1. The van der Waals surface area contributed by atoms with Crippen LogP contribution in [0, 0.1) is 0 Å². The zero-order chi connectivity index (χ0) is 11.2. The van der Waals surface area contributed by atoms with Crippen molar-refractivity contribution >= 4 is 11.5 Å². The van der Waals surface area contributed by atoms with Gasteiger partial charge >= 0.3 is 0 Å². The molecule has 1 aliphatic rings.